The average molecular weight is 222 g/mol. The molecule has 0 aromatic carbocycles. The molecule has 14 heavy (non-hydrogen) atoms. The van der Waals surface area contributed by atoms with Crippen LogP contribution in [-0.2, 0) is 15.0 Å². The van der Waals surface area contributed by atoms with Crippen LogP contribution in [0.15, 0.2) is 0 Å². The highest BCUT2D eigenvalue weighted by molar-refractivity contribution is 7.87. The van der Waals surface area contributed by atoms with Crippen molar-refractivity contribution >= 4 is 16.2 Å². The Morgan fingerprint density at radius 3 is 2.36 bits per heavy atom. The zero-order valence-corrected chi connectivity index (χ0v) is 8.73. The molecule has 82 valence electrons. The van der Waals surface area contributed by atoms with E-state index in [0.717, 1.165) is 6.42 Å². The predicted octanol–water partition coefficient (Wildman–Crippen LogP) is -0.705. The van der Waals surface area contributed by atoms with Gasteiger partial charge in [-0.2, -0.15) is 8.42 Å². The molecule has 1 fully saturated rings. The quantitative estimate of drug-likeness (QED) is 0.573. The first kappa shape index (κ1) is 11.4. The van der Waals surface area contributed by atoms with E-state index in [2.05, 4.69) is 9.44 Å². The van der Waals surface area contributed by atoms with Crippen molar-refractivity contribution in [2.75, 3.05) is 13.6 Å². The van der Waals surface area contributed by atoms with Gasteiger partial charge in [-0.25, -0.2) is 9.44 Å². The average Bonchev–Trinajstić information content (AvgIpc) is 2.01. The van der Waals surface area contributed by atoms with Crippen LogP contribution in [0.1, 0.15) is 19.3 Å². The Bertz CT molecular complexity index is 321. The molecule has 0 aliphatic heterocycles. The Labute approximate surface area is 82.9 Å². The number of carboxylic acids is 1. The van der Waals surface area contributed by atoms with E-state index in [1.165, 1.54) is 7.05 Å². The molecular weight excluding hydrogens is 208 g/mol. The van der Waals surface area contributed by atoms with Gasteiger partial charge in [0, 0.05) is 13.6 Å². The molecule has 0 amide bonds. The van der Waals surface area contributed by atoms with Gasteiger partial charge in [0.1, 0.15) is 0 Å². The molecule has 0 atom stereocenters. The summed E-state index contributed by atoms with van der Waals surface area (Å²) in [6, 6.07) is 0. The molecule has 6 nitrogen and oxygen atoms in total. The lowest BCUT2D eigenvalue weighted by Crippen LogP contribution is -2.49. The first-order valence-corrected chi connectivity index (χ1v) is 5.82. The molecular formula is C7H14N2O4S. The van der Waals surface area contributed by atoms with E-state index in [1.807, 2.05) is 0 Å². The lowest BCUT2D eigenvalue weighted by molar-refractivity contribution is -0.153. The van der Waals surface area contributed by atoms with Crippen LogP contribution < -0.4 is 9.44 Å². The van der Waals surface area contributed by atoms with Crippen LogP contribution in [0, 0.1) is 5.41 Å². The molecule has 0 aromatic heterocycles. The van der Waals surface area contributed by atoms with Gasteiger partial charge in [-0.15, -0.1) is 0 Å². The Morgan fingerprint density at radius 1 is 1.50 bits per heavy atom. The highest BCUT2D eigenvalue weighted by Crippen LogP contribution is 2.40. The molecule has 0 spiro atoms. The monoisotopic (exact) mass is 222 g/mol. The molecule has 1 rings (SSSR count). The summed E-state index contributed by atoms with van der Waals surface area (Å²) in [5.41, 5.74) is -0.885. The van der Waals surface area contributed by atoms with Crippen molar-refractivity contribution in [1.82, 2.24) is 9.44 Å². The second-order valence-electron chi connectivity index (χ2n) is 3.47. The molecule has 1 aliphatic rings. The maximum absolute atomic E-state index is 11.0. The third kappa shape index (κ3) is 2.23. The summed E-state index contributed by atoms with van der Waals surface area (Å²) in [5.74, 6) is -0.928. The normalized spacial score (nSPS) is 20.1. The lowest BCUT2D eigenvalue weighted by Gasteiger charge is -2.37. The molecule has 0 bridgehead atoms. The van der Waals surface area contributed by atoms with Crippen LogP contribution in [0.3, 0.4) is 0 Å². The van der Waals surface area contributed by atoms with Crippen LogP contribution >= 0.6 is 0 Å². The summed E-state index contributed by atoms with van der Waals surface area (Å²) in [6.45, 7) is -0.0362. The molecule has 7 heteroatoms. The first-order chi connectivity index (χ1) is 6.42. The minimum absolute atomic E-state index is 0.0362. The van der Waals surface area contributed by atoms with Crippen molar-refractivity contribution in [2.24, 2.45) is 5.41 Å². The van der Waals surface area contributed by atoms with Crippen LogP contribution in [0.5, 0.6) is 0 Å². The largest absolute Gasteiger partial charge is 0.481 e. The zero-order chi connectivity index (χ0) is 10.8. The Balaban J connectivity index is 2.55. The summed E-state index contributed by atoms with van der Waals surface area (Å²) in [7, 11) is -2.25. The molecule has 0 saturated heterocycles. The number of carbonyl (C=O) groups is 1. The molecule has 1 saturated carbocycles. The molecule has 0 radical (unpaired) electrons. The Hall–Kier alpha value is -0.660. The Morgan fingerprint density at radius 2 is 2.07 bits per heavy atom. The number of hydrogen-bond donors (Lipinski definition) is 3. The second-order valence-corrected chi connectivity index (χ2v) is 5.17. The van der Waals surface area contributed by atoms with Crippen molar-refractivity contribution in [3.8, 4) is 0 Å². The topological polar surface area (TPSA) is 95.5 Å². The minimum atomic E-state index is -3.53. The van der Waals surface area contributed by atoms with E-state index in [0.29, 0.717) is 12.8 Å². The van der Waals surface area contributed by atoms with Crippen LogP contribution in [0.4, 0.5) is 0 Å². The third-order valence-electron chi connectivity index (χ3n) is 2.63. The Kier molecular flexibility index (Phi) is 3.13. The molecule has 0 heterocycles. The number of rotatable bonds is 5. The van der Waals surface area contributed by atoms with Gasteiger partial charge in [-0.3, -0.25) is 4.79 Å². The van der Waals surface area contributed by atoms with Crippen molar-refractivity contribution < 1.29 is 18.3 Å². The lowest BCUT2D eigenvalue weighted by atomic mass is 9.69. The summed E-state index contributed by atoms with van der Waals surface area (Å²) in [4.78, 5) is 10.9. The van der Waals surface area contributed by atoms with Gasteiger partial charge in [0.25, 0.3) is 10.2 Å². The van der Waals surface area contributed by atoms with Gasteiger partial charge >= 0.3 is 5.97 Å². The van der Waals surface area contributed by atoms with E-state index < -0.39 is 21.6 Å². The number of hydrogen-bond acceptors (Lipinski definition) is 3. The predicted molar refractivity (Wildman–Crippen MR) is 49.9 cm³/mol. The first-order valence-electron chi connectivity index (χ1n) is 4.33. The molecule has 1 aliphatic carbocycles. The van der Waals surface area contributed by atoms with Crippen LogP contribution in [-0.4, -0.2) is 33.1 Å². The van der Waals surface area contributed by atoms with Crippen LogP contribution in [0.2, 0.25) is 0 Å². The van der Waals surface area contributed by atoms with Crippen molar-refractivity contribution in [2.45, 2.75) is 19.3 Å². The van der Waals surface area contributed by atoms with Gasteiger partial charge in [0.05, 0.1) is 5.41 Å². The zero-order valence-electron chi connectivity index (χ0n) is 7.91. The van der Waals surface area contributed by atoms with Crippen molar-refractivity contribution in [1.29, 1.82) is 0 Å². The van der Waals surface area contributed by atoms with Gasteiger partial charge < -0.3 is 5.11 Å². The van der Waals surface area contributed by atoms with Gasteiger partial charge in [-0.1, -0.05) is 6.42 Å². The highest BCUT2D eigenvalue weighted by Gasteiger charge is 2.44. The number of carboxylic acid groups (broad SMARTS) is 1. The van der Waals surface area contributed by atoms with Crippen molar-refractivity contribution in [3.05, 3.63) is 0 Å². The van der Waals surface area contributed by atoms with Crippen LogP contribution in [0.25, 0.3) is 0 Å². The standard InChI is InChI=1S/C7H14N2O4S/c1-8-14(12,13)9-5-7(6(10)11)3-2-4-7/h8-9H,2-5H2,1H3,(H,10,11). The van der Waals surface area contributed by atoms with E-state index in [9.17, 15) is 13.2 Å². The SMILES string of the molecule is CNS(=O)(=O)NCC1(C(=O)O)CCC1. The maximum atomic E-state index is 11.0. The highest BCUT2D eigenvalue weighted by atomic mass is 32.2. The minimum Gasteiger partial charge on any atom is -0.481 e. The number of nitrogens with one attached hydrogen (secondary N) is 2. The van der Waals surface area contributed by atoms with Gasteiger partial charge in [-0.05, 0) is 12.8 Å². The van der Waals surface area contributed by atoms with Gasteiger partial charge in [0.2, 0.25) is 0 Å². The maximum Gasteiger partial charge on any atom is 0.310 e. The molecule has 0 aromatic rings. The fourth-order valence-corrected chi connectivity index (χ4v) is 1.99. The van der Waals surface area contributed by atoms with E-state index >= 15 is 0 Å². The summed E-state index contributed by atoms with van der Waals surface area (Å²) >= 11 is 0. The van der Waals surface area contributed by atoms with E-state index in [4.69, 9.17) is 5.11 Å². The fraction of sp³-hybridized carbons (Fsp3) is 0.857. The van der Waals surface area contributed by atoms with Crippen molar-refractivity contribution in [3.63, 3.8) is 0 Å². The summed E-state index contributed by atoms with van der Waals surface area (Å²) in [6.07, 6.45) is 1.91. The molecule has 3 N–H and O–H groups in total. The fourth-order valence-electron chi connectivity index (χ4n) is 1.38. The van der Waals surface area contributed by atoms with E-state index in [-0.39, 0.29) is 6.54 Å². The summed E-state index contributed by atoms with van der Waals surface area (Å²) in [5, 5.41) is 8.90. The van der Waals surface area contributed by atoms with Gasteiger partial charge in [0.15, 0.2) is 0 Å². The number of aliphatic carboxylic acids is 1. The summed E-state index contributed by atoms with van der Waals surface area (Å²) < 4.78 is 26.3. The molecule has 0 unspecified atom stereocenters. The smallest absolute Gasteiger partial charge is 0.310 e. The van der Waals surface area contributed by atoms with E-state index in [1.54, 1.807) is 0 Å². The third-order valence-corrected chi connectivity index (χ3v) is 3.70. The second kappa shape index (κ2) is 3.84.